The molecule has 4 nitrogen and oxygen atoms in total. The van der Waals surface area contributed by atoms with E-state index < -0.39 is 31.3 Å². The van der Waals surface area contributed by atoms with Gasteiger partial charge in [0.1, 0.15) is 11.6 Å². The van der Waals surface area contributed by atoms with Crippen molar-refractivity contribution in [1.82, 2.24) is 0 Å². The summed E-state index contributed by atoms with van der Waals surface area (Å²) in [5.41, 5.74) is 0.358. The average Bonchev–Trinajstić information content (AvgIpc) is 2.80. The third kappa shape index (κ3) is 3.94. The molecule has 0 saturated carbocycles. The van der Waals surface area contributed by atoms with Crippen molar-refractivity contribution >= 4 is 19.7 Å². The molecule has 0 aromatic heterocycles. The van der Waals surface area contributed by atoms with Crippen molar-refractivity contribution in [2.45, 2.75) is 19.6 Å². The van der Waals surface area contributed by atoms with Gasteiger partial charge >= 0.3 is 0 Å². The zero-order valence-electron chi connectivity index (χ0n) is 16.4. The van der Waals surface area contributed by atoms with Crippen LogP contribution in [0.15, 0.2) is 117 Å². The van der Waals surface area contributed by atoms with E-state index in [4.69, 9.17) is 0 Å². The van der Waals surface area contributed by atoms with Crippen LogP contribution in [0.5, 0.6) is 0 Å². The van der Waals surface area contributed by atoms with E-state index in [1.807, 2.05) is 0 Å². The molecule has 0 aliphatic rings. The van der Waals surface area contributed by atoms with Crippen molar-refractivity contribution < 1.29 is 25.6 Å². The number of rotatable bonds is 5. The molecule has 0 unspecified atom stereocenters. The lowest BCUT2D eigenvalue weighted by molar-refractivity contribution is 0.592. The molecule has 4 aromatic rings. The van der Waals surface area contributed by atoms with Gasteiger partial charge in [-0.1, -0.05) is 36.4 Å². The molecule has 0 atom stereocenters. The van der Waals surface area contributed by atoms with Crippen LogP contribution in [-0.2, 0) is 19.7 Å². The summed E-state index contributed by atoms with van der Waals surface area (Å²) in [6.45, 7) is 0. The lowest BCUT2D eigenvalue weighted by Gasteiger charge is -2.15. The Bertz CT molecular complexity index is 1380. The van der Waals surface area contributed by atoms with Crippen LogP contribution in [0, 0.1) is 11.6 Å². The van der Waals surface area contributed by atoms with Crippen LogP contribution < -0.4 is 0 Å². The van der Waals surface area contributed by atoms with Gasteiger partial charge in [-0.05, 0) is 60.7 Å². The lowest BCUT2D eigenvalue weighted by atomic mass is 10.1. The first kappa shape index (κ1) is 21.9. The summed E-state index contributed by atoms with van der Waals surface area (Å²) in [5, 5.41) is 0. The van der Waals surface area contributed by atoms with Crippen LogP contribution in [0.25, 0.3) is 11.1 Å². The summed E-state index contributed by atoms with van der Waals surface area (Å²) in [4.78, 5) is -0.475. The highest BCUT2D eigenvalue weighted by Crippen LogP contribution is 2.36. The van der Waals surface area contributed by atoms with E-state index in [1.54, 1.807) is 12.1 Å². The second kappa shape index (κ2) is 8.29. The molecule has 0 saturated heterocycles. The van der Waals surface area contributed by atoms with Crippen LogP contribution in [-0.4, -0.2) is 16.8 Å². The first-order valence-corrected chi connectivity index (χ1v) is 12.4. The second-order valence-electron chi connectivity index (χ2n) is 6.91. The first-order valence-electron chi connectivity index (χ1n) is 9.41. The van der Waals surface area contributed by atoms with Gasteiger partial charge in [-0.25, -0.2) is 25.6 Å². The molecule has 0 heterocycles. The molecule has 32 heavy (non-hydrogen) atoms. The topological polar surface area (TPSA) is 68.3 Å². The largest absolute Gasteiger partial charge is 0.218 e. The molecule has 8 heteroatoms. The number of halogens is 2. The SMILES string of the molecule is O=S(=O)(c1ccc(F)cc1)c1ccccc1-c1ccccc1S(=O)(=O)c1ccc(F)cc1. The van der Waals surface area contributed by atoms with E-state index in [0.29, 0.717) is 0 Å². The quantitative estimate of drug-likeness (QED) is 0.371. The second-order valence-corrected chi connectivity index (χ2v) is 10.7. The van der Waals surface area contributed by atoms with Gasteiger partial charge < -0.3 is 0 Å². The average molecular weight is 471 g/mol. The van der Waals surface area contributed by atoms with Crippen LogP contribution >= 0.6 is 0 Å². The number of hydrogen-bond donors (Lipinski definition) is 0. The molecule has 162 valence electrons. The molecule has 4 rings (SSSR count). The minimum Gasteiger partial charge on any atom is -0.218 e. The summed E-state index contributed by atoms with van der Waals surface area (Å²) in [5.74, 6) is -1.15. The van der Waals surface area contributed by atoms with Gasteiger partial charge in [0.25, 0.3) is 0 Å². The normalized spacial score (nSPS) is 11.9. The summed E-state index contributed by atoms with van der Waals surface area (Å²) >= 11 is 0. The van der Waals surface area contributed by atoms with Gasteiger partial charge in [0.05, 0.1) is 19.6 Å². The maximum atomic E-state index is 13.3. The molecule has 0 aliphatic heterocycles. The highest BCUT2D eigenvalue weighted by atomic mass is 32.2. The summed E-state index contributed by atoms with van der Waals surface area (Å²) in [6, 6.07) is 20.8. The summed E-state index contributed by atoms with van der Waals surface area (Å²) in [7, 11) is -8.16. The molecule has 0 amide bonds. The Morgan fingerprint density at radius 3 is 1.09 bits per heavy atom. The minimum atomic E-state index is -4.08. The van der Waals surface area contributed by atoms with Crippen molar-refractivity contribution in [2.75, 3.05) is 0 Å². The van der Waals surface area contributed by atoms with Crippen molar-refractivity contribution in [3.8, 4) is 11.1 Å². The third-order valence-electron chi connectivity index (χ3n) is 4.89. The van der Waals surface area contributed by atoms with Gasteiger partial charge in [-0.15, -0.1) is 0 Å². The highest BCUT2D eigenvalue weighted by molar-refractivity contribution is 7.92. The fourth-order valence-electron chi connectivity index (χ4n) is 3.33. The molecule has 0 spiro atoms. The molecule has 0 aliphatic carbocycles. The molecular weight excluding hydrogens is 454 g/mol. The van der Waals surface area contributed by atoms with E-state index >= 15 is 0 Å². The Morgan fingerprint density at radius 1 is 0.438 bits per heavy atom. The maximum absolute atomic E-state index is 13.3. The summed E-state index contributed by atoms with van der Waals surface area (Å²) < 4.78 is 79.8. The van der Waals surface area contributed by atoms with Crippen LogP contribution in [0.2, 0.25) is 0 Å². The fourth-order valence-corrected chi connectivity index (χ4v) is 6.28. The monoisotopic (exact) mass is 470 g/mol. The number of hydrogen-bond acceptors (Lipinski definition) is 4. The third-order valence-corrected chi connectivity index (χ3v) is 8.55. The van der Waals surface area contributed by atoms with Crippen LogP contribution in [0.3, 0.4) is 0 Å². The van der Waals surface area contributed by atoms with E-state index in [0.717, 1.165) is 48.5 Å². The van der Waals surface area contributed by atoms with Gasteiger partial charge in [-0.2, -0.15) is 0 Å². The maximum Gasteiger partial charge on any atom is 0.207 e. The van der Waals surface area contributed by atoms with Crippen molar-refractivity contribution in [2.24, 2.45) is 0 Å². The summed E-state index contributed by atoms with van der Waals surface area (Å²) in [6.07, 6.45) is 0. The predicted octanol–water partition coefficient (Wildman–Crippen LogP) is 5.30. The predicted molar refractivity (Wildman–Crippen MR) is 116 cm³/mol. The van der Waals surface area contributed by atoms with E-state index in [-0.39, 0.29) is 30.7 Å². The lowest BCUT2D eigenvalue weighted by Crippen LogP contribution is -2.07. The van der Waals surface area contributed by atoms with Crippen molar-refractivity contribution in [3.05, 3.63) is 109 Å². The first-order chi connectivity index (χ1) is 15.2. The Labute approximate surface area is 184 Å². The zero-order valence-corrected chi connectivity index (χ0v) is 18.1. The molecule has 4 aromatic carbocycles. The van der Waals surface area contributed by atoms with Gasteiger partial charge in [0.2, 0.25) is 19.7 Å². The van der Waals surface area contributed by atoms with Gasteiger partial charge in [-0.3, -0.25) is 0 Å². The number of benzene rings is 4. The van der Waals surface area contributed by atoms with Gasteiger partial charge in [0, 0.05) is 11.1 Å². The van der Waals surface area contributed by atoms with Crippen molar-refractivity contribution in [1.29, 1.82) is 0 Å². The molecule has 0 bridgehead atoms. The van der Waals surface area contributed by atoms with E-state index in [1.165, 1.54) is 36.4 Å². The Hall–Kier alpha value is -3.36. The smallest absolute Gasteiger partial charge is 0.207 e. The zero-order chi connectivity index (χ0) is 22.9. The standard InChI is InChI=1S/C24H16F2O4S2/c25-17-9-13-19(14-10-17)31(27,28)23-7-3-1-5-21(23)22-6-2-4-8-24(22)32(29,30)20-15-11-18(26)12-16-20/h1-16H. The Balaban J connectivity index is 1.93. The molecular formula is C24H16F2O4S2. The van der Waals surface area contributed by atoms with E-state index in [9.17, 15) is 25.6 Å². The highest BCUT2D eigenvalue weighted by Gasteiger charge is 2.27. The van der Waals surface area contributed by atoms with Gasteiger partial charge in [0.15, 0.2) is 0 Å². The number of sulfone groups is 2. The van der Waals surface area contributed by atoms with Crippen LogP contribution in [0.4, 0.5) is 8.78 Å². The fraction of sp³-hybridized carbons (Fsp3) is 0. The molecule has 0 N–H and O–H groups in total. The Morgan fingerprint density at radius 2 is 0.750 bits per heavy atom. The molecule has 0 fully saturated rings. The Kier molecular flexibility index (Phi) is 5.66. The molecule has 0 radical (unpaired) electrons. The van der Waals surface area contributed by atoms with E-state index in [2.05, 4.69) is 0 Å². The van der Waals surface area contributed by atoms with Crippen molar-refractivity contribution in [3.63, 3.8) is 0 Å². The minimum absolute atomic E-state index is 0.117. The van der Waals surface area contributed by atoms with Crippen LogP contribution in [0.1, 0.15) is 0 Å².